The van der Waals surface area contributed by atoms with E-state index in [1.54, 1.807) is 4.68 Å². The van der Waals surface area contributed by atoms with Crippen LogP contribution in [-0.4, -0.2) is 25.5 Å². The number of hydrogen-bond acceptors (Lipinski definition) is 3. The molecular weight excluding hydrogens is 178 g/mol. The summed E-state index contributed by atoms with van der Waals surface area (Å²) in [6.45, 7) is 5.44. The lowest BCUT2D eigenvalue weighted by molar-refractivity contribution is 0.0494. The fraction of sp³-hybridized carbons (Fsp3) is 0.600. The van der Waals surface area contributed by atoms with E-state index < -0.39 is 5.60 Å². The molecule has 4 heteroatoms. The summed E-state index contributed by atoms with van der Waals surface area (Å²) in [5.74, 6) is 0.805. The molecule has 1 atom stereocenters. The Hall–Kier alpha value is -1.16. The molecule has 14 heavy (non-hydrogen) atoms. The van der Waals surface area contributed by atoms with Gasteiger partial charge in [-0.3, -0.25) is 4.68 Å². The molecule has 0 saturated heterocycles. The Morgan fingerprint density at radius 3 is 2.93 bits per heavy atom. The number of hydrogen-bond donors (Lipinski definition) is 1. The molecule has 0 aliphatic carbocycles. The van der Waals surface area contributed by atoms with Crippen LogP contribution < -0.4 is 0 Å². The zero-order chi connectivity index (χ0) is 10.6. The normalized spacial score (nSPS) is 15.1. The fourth-order valence-electron chi connectivity index (χ4n) is 1.32. The lowest BCUT2D eigenvalue weighted by Gasteiger charge is -2.21. The van der Waals surface area contributed by atoms with E-state index >= 15 is 0 Å². The zero-order valence-corrected chi connectivity index (χ0v) is 8.77. The summed E-state index contributed by atoms with van der Waals surface area (Å²) in [4.78, 5) is 4.08. The van der Waals surface area contributed by atoms with Crippen molar-refractivity contribution in [2.24, 2.45) is 7.05 Å². The quantitative estimate of drug-likeness (QED) is 0.715. The Labute approximate surface area is 84.3 Å². The first-order valence-electron chi connectivity index (χ1n) is 4.71. The second-order valence-electron chi connectivity index (χ2n) is 3.80. The highest BCUT2D eigenvalue weighted by molar-refractivity contribution is 4.92. The molecule has 1 aromatic heterocycles. The third-order valence-electron chi connectivity index (χ3n) is 2.23. The third kappa shape index (κ3) is 2.96. The minimum atomic E-state index is -0.727. The molecule has 4 nitrogen and oxygen atoms in total. The van der Waals surface area contributed by atoms with Crippen molar-refractivity contribution in [3.8, 4) is 0 Å². The minimum Gasteiger partial charge on any atom is -0.390 e. The van der Waals surface area contributed by atoms with Crippen LogP contribution >= 0.6 is 0 Å². The summed E-state index contributed by atoms with van der Waals surface area (Å²) in [7, 11) is 1.83. The van der Waals surface area contributed by atoms with Crippen molar-refractivity contribution < 1.29 is 5.11 Å². The molecule has 0 aliphatic rings. The highest BCUT2D eigenvalue weighted by atomic mass is 16.3. The van der Waals surface area contributed by atoms with Crippen LogP contribution in [0, 0.1) is 0 Å². The van der Waals surface area contributed by atoms with Gasteiger partial charge in [0.05, 0.1) is 5.60 Å². The molecule has 1 rings (SSSR count). The smallest absolute Gasteiger partial charge is 0.138 e. The summed E-state index contributed by atoms with van der Waals surface area (Å²) >= 11 is 0. The van der Waals surface area contributed by atoms with Crippen molar-refractivity contribution in [1.82, 2.24) is 14.8 Å². The molecule has 1 N–H and O–H groups in total. The standard InChI is InChI=1S/C10H17N3O/c1-4-5-6-10(2,14)7-9-11-8-12-13(9)3/h4,8,14H,1,5-7H2,2-3H3. The molecule has 0 bridgehead atoms. The molecule has 78 valence electrons. The van der Waals surface area contributed by atoms with E-state index in [1.165, 1.54) is 6.33 Å². The van der Waals surface area contributed by atoms with Crippen LogP contribution in [0.25, 0.3) is 0 Å². The Kier molecular flexibility index (Phi) is 3.41. The molecular formula is C10H17N3O. The fourth-order valence-corrected chi connectivity index (χ4v) is 1.32. The molecule has 0 radical (unpaired) electrons. The average molecular weight is 195 g/mol. The van der Waals surface area contributed by atoms with Crippen molar-refractivity contribution in [3.63, 3.8) is 0 Å². The van der Waals surface area contributed by atoms with Gasteiger partial charge in [0, 0.05) is 13.5 Å². The minimum absolute atomic E-state index is 0.525. The number of aromatic nitrogens is 3. The predicted molar refractivity (Wildman–Crippen MR) is 54.8 cm³/mol. The maximum atomic E-state index is 10.0. The second-order valence-corrected chi connectivity index (χ2v) is 3.80. The van der Waals surface area contributed by atoms with Crippen LogP contribution in [0.1, 0.15) is 25.6 Å². The van der Waals surface area contributed by atoms with E-state index in [2.05, 4.69) is 16.7 Å². The summed E-state index contributed by atoms with van der Waals surface area (Å²) in [6.07, 6.45) is 5.34. The Morgan fingerprint density at radius 1 is 1.71 bits per heavy atom. The molecule has 0 spiro atoms. The van der Waals surface area contributed by atoms with Crippen LogP contribution in [-0.2, 0) is 13.5 Å². The van der Waals surface area contributed by atoms with Crippen LogP contribution in [0.15, 0.2) is 19.0 Å². The van der Waals surface area contributed by atoms with E-state index in [9.17, 15) is 5.11 Å². The molecule has 1 aromatic rings. The SMILES string of the molecule is C=CCCC(C)(O)Cc1ncnn1C. The number of aryl methyl sites for hydroxylation is 1. The van der Waals surface area contributed by atoms with Crippen LogP contribution in [0.3, 0.4) is 0 Å². The van der Waals surface area contributed by atoms with Gasteiger partial charge in [0.25, 0.3) is 0 Å². The molecule has 0 fully saturated rings. The van der Waals surface area contributed by atoms with Gasteiger partial charge < -0.3 is 5.11 Å². The van der Waals surface area contributed by atoms with E-state index in [1.807, 2.05) is 20.0 Å². The maximum Gasteiger partial charge on any atom is 0.138 e. The van der Waals surface area contributed by atoms with Crippen LogP contribution in [0.2, 0.25) is 0 Å². The molecule has 1 unspecified atom stereocenters. The van der Waals surface area contributed by atoms with Gasteiger partial charge in [-0.2, -0.15) is 5.10 Å². The number of nitrogens with zero attached hydrogens (tertiary/aromatic N) is 3. The molecule has 0 aromatic carbocycles. The largest absolute Gasteiger partial charge is 0.390 e. The van der Waals surface area contributed by atoms with Gasteiger partial charge in [-0.25, -0.2) is 4.98 Å². The first-order chi connectivity index (χ1) is 6.55. The third-order valence-corrected chi connectivity index (χ3v) is 2.23. The Bertz CT molecular complexity index is 304. The summed E-state index contributed by atoms with van der Waals surface area (Å²) < 4.78 is 1.68. The number of aliphatic hydroxyl groups is 1. The summed E-state index contributed by atoms with van der Waals surface area (Å²) in [5, 5.41) is 14.0. The van der Waals surface area contributed by atoms with Gasteiger partial charge in [0.1, 0.15) is 12.2 Å². The lowest BCUT2D eigenvalue weighted by Crippen LogP contribution is -2.28. The van der Waals surface area contributed by atoms with Crippen molar-refractivity contribution in [2.75, 3.05) is 0 Å². The maximum absolute atomic E-state index is 10.0. The van der Waals surface area contributed by atoms with Crippen LogP contribution in [0.5, 0.6) is 0 Å². The van der Waals surface area contributed by atoms with Crippen molar-refractivity contribution in [2.45, 2.75) is 31.8 Å². The summed E-state index contributed by atoms with van der Waals surface area (Å²) in [5.41, 5.74) is -0.727. The van der Waals surface area contributed by atoms with Gasteiger partial charge in [-0.1, -0.05) is 6.08 Å². The first kappa shape index (κ1) is 10.9. The molecule has 0 amide bonds. The van der Waals surface area contributed by atoms with Crippen LogP contribution in [0.4, 0.5) is 0 Å². The number of rotatable bonds is 5. The Balaban J connectivity index is 2.58. The van der Waals surface area contributed by atoms with Gasteiger partial charge in [0.2, 0.25) is 0 Å². The van der Waals surface area contributed by atoms with Crippen molar-refractivity contribution in [1.29, 1.82) is 0 Å². The highest BCUT2D eigenvalue weighted by Crippen LogP contribution is 2.17. The second kappa shape index (κ2) is 4.37. The first-order valence-corrected chi connectivity index (χ1v) is 4.71. The highest BCUT2D eigenvalue weighted by Gasteiger charge is 2.22. The molecule has 1 heterocycles. The molecule has 0 aliphatic heterocycles. The summed E-state index contributed by atoms with van der Waals surface area (Å²) in [6, 6.07) is 0. The Morgan fingerprint density at radius 2 is 2.43 bits per heavy atom. The lowest BCUT2D eigenvalue weighted by atomic mass is 9.96. The topological polar surface area (TPSA) is 50.9 Å². The van der Waals surface area contributed by atoms with E-state index in [0.29, 0.717) is 12.8 Å². The van der Waals surface area contributed by atoms with E-state index in [4.69, 9.17) is 0 Å². The number of allylic oxidation sites excluding steroid dienone is 1. The predicted octanol–water partition coefficient (Wildman–Crippen LogP) is 1.07. The van der Waals surface area contributed by atoms with Gasteiger partial charge in [-0.15, -0.1) is 6.58 Å². The molecule has 0 saturated carbocycles. The average Bonchev–Trinajstić information content (AvgIpc) is 2.48. The van der Waals surface area contributed by atoms with E-state index in [0.717, 1.165) is 12.2 Å². The van der Waals surface area contributed by atoms with Crippen molar-refractivity contribution in [3.05, 3.63) is 24.8 Å². The van der Waals surface area contributed by atoms with Crippen molar-refractivity contribution >= 4 is 0 Å². The monoisotopic (exact) mass is 195 g/mol. The van der Waals surface area contributed by atoms with Gasteiger partial charge in [0.15, 0.2) is 0 Å². The van der Waals surface area contributed by atoms with E-state index in [-0.39, 0.29) is 0 Å². The van der Waals surface area contributed by atoms with Gasteiger partial charge >= 0.3 is 0 Å². The zero-order valence-electron chi connectivity index (χ0n) is 8.77. The van der Waals surface area contributed by atoms with Gasteiger partial charge in [-0.05, 0) is 19.8 Å².